The fraction of sp³-hybridized carbons (Fsp3) is 0.182. The minimum Gasteiger partial charge on any atom is -0.298 e. The minimum absolute atomic E-state index is 0.189. The summed E-state index contributed by atoms with van der Waals surface area (Å²) in [7, 11) is 0. The van der Waals surface area contributed by atoms with E-state index in [0.717, 1.165) is 27.7 Å². The highest BCUT2D eigenvalue weighted by atomic mass is 79.9. The van der Waals surface area contributed by atoms with Gasteiger partial charge < -0.3 is 0 Å². The maximum Gasteiger partial charge on any atom is 0.250 e. The number of hydrogen-bond acceptors (Lipinski definition) is 3. The summed E-state index contributed by atoms with van der Waals surface area (Å²) in [6.07, 6.45) is 4.43. The van der Waals surface area contributed by atoms with E-state index < -0.39 is 0 Å². The molecule has 1 amide bonds. The second kappa shape index (κ2) is 9.11. The van der Waals surface area contributed by atoms with Gasteiger partial charge in [-0.2, -0.15) is 0 Å². The van der Waals surface area contributed by atoms with Gasteiger partial charge in [0.1, 0.15) is 0 Å². The lowest BCUT2D eigenvalue weighted by atomic mass is 9.97. The molecule has 0 aliphatic carbocycles. The highest BCUT2D eigenvalue weighted by Gasteiger charge is 2.08. The average Bonchev–Trinajstić information content (AvgIpc) is 3.15. The van der Waals surface area contributed by atoms with Crippen LogP contribution in [0.4, 0.5) is 5.13 Å². The number of aromatic nitrogens is 1. The van der Waals surface area contributed by atoms with Crippen LogP contribution < -0.4 is 5.32 Å². The van der Waals surface area contributed by atoms with E-state index in [4.69, 9.17) is 0 Å². The summed E-state index contributed by atoms with van der Waals surface area (Å²) in [5.74, 6) is 0.368. The van der Waals surface area contributed by atoms with E-state index >= 15 is 0 Å². The van der Waals surface area contributed by atoms with E-state index in [1.54, 1.807) is 6.08 Å². The summed E-state index contributed by atoms with van der Waals surface area (Å²) in [6, 6.07) is 16.3. The average molecular weight is 441 g/mol. The van der Waals surface area contributed by atoms with Gasteiger partial charge in [0.2, 0.25) is 5.91 Å². The molecule has 0 radical (unpaired) electrons. The van der Waals surface area contributed by atoms with Gasteiger partial charge in [0.25, 0.3) is 0 Å². The van der Waals surface area contributed by atoms with Crippen LogP contribution in [0.2, 0.25) is 0 Å². The Morgan fingerprint density at radius 2 is 1.89 bits per heavy atom. The van der Waals surface area contributed by atoms with Crippen LogP contribution in [0.25, 0.3) is 17.3 Å². The number of hydrogen-bond donors (Lipinski definition) is 1. The number of nitrogens with one attached hydrogen (secondary N) is 1. The van der Waals surface area contributed by atoms with Gasteiger partial charge in [-0.05, 0) is 41.7 Å². The van der Waals surface area contributed by atoms with E-state index in [1.807, 2.05) is 29.6 Å². The maximum absolute atomic E-state index is 12.1. The van der Waals surface area contributed by atoms with Crippen molar-refractivity contribution in [1.82, 2.24) is 4.98 Å². The van der Waals surface area contributed by atoms with E-state index in [2.05, 4.69) is 64.3 Å². The Labute approximate surface area is 172 Å². The summed E-state index contributed by atoms with van der Waals surface area (Å²) in [6.45, 7) is 4.42. The largest absolute Gasteiger partial charge is 0.298 e. The molecule has 0 spiro atoms. The van der Waals surface area contributed by atoms with Crippen LogP contribution in [0.3, 0.4) is 0 Å². The van der Waals surface area contributed by atoms with Gasteiger partial charge in [-0.25, -0.2) is 4.98 Å². The zero-order valence-corrected chi connectivity index (χ0v) is 17.7. The van der Waals surface area contributed by atoms with Crippen LogP contribution in [-0.2, 0) is 4.79 Å². The molecule has 1 unspecified atom stereocenters. The van der Waals surface area contributed by atoms with Crippen molar-refractivity contribution >= 4 is 44.4 Å². The third-order valence-corrected chi connectivity index (χ3v) is 5.71. The number of benzene rings is 2. The SMILES string of the molecule is CCC(C)c1ccc(-c2csc(NC(=O)C=Cc3ccc(Br)cc3)n2)cc1. The highest BCUT2D eigenvalue weighted by Crippen LogP contribution is 2.27. The first-order chi connectivity index (χ1) is 13.0. The molecule has 0 aliphatic heterocycles. The third-order valence-electron chi connectivity index (χ3n) is 4.42. The first-order valence-electron chi connectivity index (χ1n) is 8.85. The van der Waals surface area contributed by atoms with Gasteiger partial charge >= 0.3 is 0 Å². The van der Waals surface area contributed by atoms with Crippen LogP contribution in [0.5, 0.6) is 0 Å². The maximum atomic E-state index is 12.1. The lowest BCUT2D eigenvalue weighted by molar-refractivity contribution is -0.111. The van der Waals surface area contributed by atoms with Crippen LogP contribution >= 0.6 is 27.3 Å². The molecule has 0 saturated carbocycles. The molecule has 2 aromatic carbocycles. The van der Waals surface area contributed by atoms with E-state index in [9.17, 15) is 4.79 Å². The fourth-order valence-electron chi connectivity index (χ4n) is 2.57. The molecule has 0 aliphatic rings. The number of carbonyl (C=O) groups excluding carboxylic acids is 1. The highest BCUT2D eigenvalue weighted by molar-refractivity contribution is 9.10. The zero-order valence-electron chi connectivity index (χ0n) is 15.3. The number of nitrogens with zero attached hydrogens (tertiary/aromatic N) is 1. The monoisotopic (exact) mass is 440 g/mol. The predicted octanol–water partition coefficient (Wildman–Crippen LogP) is 6.74. The molecular formula is C22H21BrN2OS. The van der Waals surface area contributed by atoms with Gasteiger partial charge in [-0.1, -0.05) is 66.2 Å². The number of thiazole rings is 1. The van der Waals surface area contributed by atoms with Crippen molar-refractivity contribution in [3.63, 3.8) is 0 Å². The predicted molar refractivity (Wildman–Crippen MR) is 118 cm³/mol. The smallest absolute Gasteiger partial charge is 0.250 e. The van der Waals surface area contributed by atoms with Crippen molar-refractivity contribution in [2.45, 2.75) is 26.2 Å². The van der Waals surface area contributed by atoms with Gasteiger partial charge in [0, 0.05) is 21.5 Å². The molecule has 0 saturated heterocycles. The van der Waals surface area contributed by atoms with Gasteiger partial charge in [-0.15, -0.1) is 11.3 Å². The second-order valence-electron chi connectivity index (χ2n) is 6.34. The summed E-state index contributed by atoms with van der Waals surface area (Å²) >= 11 is 4.82. The standard InChI is InChI=1S/C22H21BrN2OS/c1-3-15(2)17-7-9-18(10-8-17)20-14-27-22(24-20)25-21(26)13-6-16-4-11-19(23)12-5-16/h4-15H,3H2,1-2H3,(H,24,25,26). The molecule has 0 bridgehead atoms. The Bertz CT molecular complexity index is 930. The molecule has 3 rings (SSSR count). The lowest BCUT2D eigenvalue weighted by Gasteiger charge is -2.08. The summed E-state index contributed by atoms with van der Waals surface area (Å²) < 4.78 is 1.01. The number of rotatable bonds is 6. The molecule has 138 valence electrons. The Balaban J connectivity index is 1.63. The second-order valence-corrected chi connectivity index (χ2v) is 8.12. The molecule has 1 aromatic heterocycles. The summed E-state index contributed by atoms with van der Waals surface area (Å²) in [5, 5.41) is 5.39. The van der Waals surface area contributed by atoms with Crippen molar-refractivity contribution < 1.29 is 4.79 Å². The van der Waals surface area contributed by atoms with Gasteiger partial charge in [0.05, 0.1) is 5.69 Å². The Morgan fingerprint density at radius 3 is 2.56 bits per heavy atom. The molecule has 27 heavy (non-hydrogen) atoms. The molecule has 1 atom stereocenters. The normalized spacial score (nSPS) is 12.3. The van der Waals surface area contributed by atoms with Crippen molar-refractivity contribution in [3.8, 4) is 11.3 Å². The summed E-state index contributed by atoms with van der Waals surface area (Å²) in [5.41, 5.74) is 4.24. The Kier molecular flexibility index (Phi) is 6.58. The minimum atomic E-state index is -0.189. The zero-order chi connectivity index (χ0) is 19.2. The molecule has 3 nitrogen and oxygen atoms in total. The van der Waals surface area contributed by atoms with Gasteiger partial charge in [-0.3, -0.25) is 10.1 Å². The third kappa shape index (κ3) is 5.37. The first-order valence-corrected chi connectivity index (χ1v) is 10.5. The number of anilines is 1. The molecule has 5 heteroatoms. The molecule has 0 fully saturated rings. The van der Waals surface area contributed by atoms with Crippen LogP contribution in [0.15, 0.2) is 64.5 Å². The number of amides is 1. The van der Waals surface area contributed by atoms with E-state index in [-0.39, 0.29) is 5.91 Å². The molecule has 1 heterocycles. The first kappa shape index (κ1) is 19.5. The van der Waals surface area contributed by atoms with Crippen molar-refractivity contribution in [2.24, 2.45) is 0 Å². The van der Waals surface area contributed by atoms with E-state index in [0.29, 0.717) is 11.0 Å². The topological polar surface area (TPSA) is 42.0 Å². The van der Waals surface area contributed by atoms with Crippen molar-refractivity contribution in [2.75, 3.05) is 5.32 Å². The van der Waals surface area contributed by atoms with Crippen LogP contribution in [0.1, 0.15) is 37.3 Å². The quantitative estimate of drug-likeness (QED) is 0.431. The van der Waals surface area contributed by atoms with Crippen molar-refractivity contribution in [1.29, 1.82) is 0 Å². The lowest BCUT2D eigenvalue weighted by Crippen LogP contribution is -2.07. The van der Waals surface area contributed by atoms with Crippen LogP contribution in [-0.4, -0.2) is 10.9 Å². The Hall–Kier alpha value is -2.24. The van der Waals surface area contributed by atoms with Crippen LogP contribution in [0, 0.1) is 0 Å². The Morgan fingerprint density at radius 1 is 1.19 bits per heavy atom. The fourth-order valence-corrected chi connectivity index (χ4v) is 3.56. The molecule has 3 aromatic rings. The summed E-state index contributed by atoms with van der Waals surface area (Å²) in [4.78, 5) is 16.6. The van der Waals surface area contributed by atoms with Crippen molar-refractivity contribution in [3.05, 3.63) is 75.6 Å². The van der Waals surface area contributed by atoms with E-state index in [1.165, 1.54) is 23.0 Å². The number of carbonyl (C=O) groups is 1. The molecular weight excluding hydrogens is 420 g/mol. The number of halogens is 1. The van der Waals surface area contributed by atoms with Gasteiger partial charge in [0.15, 0.2) is 5.13 Å². The molecule has 1 N–H and O–H groups in total.